The Labute approximate surface area is 120 Å². The Kier molecular flexibility index (Phi) is 4.74. The Morgan fingerprint density at radius 1 is 1.50 bits per heavy atom. The molecule has 0 fully saturated rings. The summed E-state index contributed by atoms with van der Waals surface area (Å²) in [6, 6.07) is 4.23. The zero-order valence-electron chi connectivity index (χ0n) is 10.5. The monoisotopic (exact) mass is 325 g/mol. The minimum Gasteiger partial charge on any atom is -0.370 e. The summed E-state index contributed by atoms with van der Waals surface area (Å²) in [4.78, 5) is 6.44. The number of hydrogen-bond acceptors (Lipinski definition) is 4. The first-order valence-electron chi connectivity index (χ1n) is 5.72. The molecule has 0 aromatic carbocycles. The van der Waals surface area contributed by atoms with Crippen LogP contribution in [-0.2, 0) is 13.1 Å². The molecule has 0 radical (unpaired) electrons. The van der Waals surface area contributed by atoms with Gasteiger partial charge in [-0.25, -0.2) is 0 Å². The highest BCUT2D eigenvalue weighted by Crippen LogP contribution is 2.24. The van der Waals surface area contributed by atoms with Crippen molar-refractivity contribution >= 4 is 33.0 Å². The minimum atomic E-state index is 0.834. The van der Waals surface area contributed by atoms with Crippen molar-refractivity contribution in [3.63, 3.8) is 0 Å². The fourth-order valence-electron chi connectivity index (χ4n) is 1.91. The molecule has 2 aromatic rings. The first-order chi connectivity index (χ1) is 8.70. The lowest BCUT2D eigenvalue weighted by Gasteiger charge is -2.21. The molecule has 0 unspecified atom stereocenters. The van der Waals surface area contributed by atoms with Crippen molar-refractivity contribution in [3.05, 3.63) is 44.8 Å². The van der Waals surface area contributed by atoms with Crippen molar-refractivity contribution in [3.8, 4) is 0 Å². The minimum absolute atomic E-state index is 0.834. The van der Waals surface area contributed by atoms with Crippen LogP contribution in [0.15, 0.2) is 33.7 Å². The van der Waals surface area contributed by atoms with Crippen LogP contribution in [0.1, 0.15) is 11.1 Å². The molecule has 2 aromatic heterocycles. The van der Waals surface area contributed by atoms with Crippen LogP contribution < -0.4 is 10.2 Å². The van der Waals surface area contributed by atoms with Gasteiger partial charge in [-0.1, -0.05) is 0 Å². The van der Waals surface area contributed by atoms with E-state index in [1.807, 2.05) is 19.4 Å². The predicted octanol–water partition coefficient (Wildman–Crippen LogP) is 3.26. The zero-order valence-corrected chi connectivity index (χ0v) is 12.9. The van der Waals surface area contributed by atoms with Gasteiger partial charge < -0.3 is 10.2 Å². The molecule has 2 rings (SSSR count). The SMILES string of the molecule is CNCc1cnccc1N(C)Cc1csc(Br)c1. The second-order valence-corrected chi connectivity index (χ2v) is 6.44. The lowest BCUT2D eigenvalue weighted by Crippen LogP contribution is -2.19. The second-order valence-electron chi connectivity index (χ2n) is 4.15. The lowest BCUT2D eigenvalue weighted by molar-refractivity contribution is 0.801. The molecule has 0 bridgehead atoms. The average Bonchev–Trinajstić information content (AvgIpc) is 2.76. The van der Waals surface area contributed by atoms with E-state index < -0.39 is 0 Å². The Morgan fingerprint density at radius 2 is 2.33 bits per heavy atom. The van der Waals surface area contributed by atoms with Gasteiger partial charge in [-0.3, -0.25) is 4.98 Å². The summed E-state index contributed by atoms with van der Waals surface area (Å²) in [6.07, 6.45) is 3.76. The molecule has 0 amide bonds. The number of nitrogens with one attached hydrogen (secondary N) is 1. The standard InChI is InChI=1S/C13H16BrN3S/c1-15-6-11-7-16-4-3-12(11)17(2)8-10-5-13(14)18-9-10/h3-5,7,9,15H,6,8H2,1-2H3. The highest BCUT2D eigenvalue weighted by molar-refractivity contribution is 9.11. The normalized spacial score (nSPS) is 10.6. The number of hydrogen-bond donors (Lipinski definition) is 1. The Morgan fingerprint density at radius 3 is 3.00 bits per heavy atom. The Hall–Kier alpha value is -0.910. The molecule has 0 spiro atoms. The summed E-state index contributed by atoms with van der Waals surface area (Å²) >= 11 is 5.22. The van der Waals surface area contributed by atoms with Crippen LogP contribution in [-0.4, -0.2) is 19.1 Å². The van der Waals surface area contributed by atoms with Gasteiger partial charge in [-0.05, 0) is 46.1 Å². The molecule has 0 saturated carbocycles. The topological polar surface area (TPSA) is 28.2 Å². The second kappa shape index (κ2) is 6.31. The maximum absolute atomic E-state index is 4.19. The summed E-state index contributed by atoms with van der Waals surface area (Å²) in [6.45, 7) is 1.74. The number of nitrogens with zero attached hydrogens (tertiary/aromatic N) is 2. The van der Waals surface area contributed by atoms with Crippen LogP contribution in [0.2, 0.25) is 0 Å². The zero-order chi connectivity index (χ0) is 13.0. The molecule has 1 N–H and O–H groups in total. The van der Waals surface area contributed by atoms with E-state index in [2.05, 4.69) is 55.7 Å². The van der Waals surface area contributed by atoms with Crippen molar-refractivity contribution in [2.45, 2.75) is 13.1 Å². The molecule has 0 aliphatic heterocycles. The molecular formula is C13H16BrN3S. The molecule has 0 aliphatic carbocycles. The van der Waals surface area contributed by atoms with E-state index in [4.69, 9.17) is 0 Å². The highest BCUT2D eigenvalue weighted by atomic mass is 79.9. The van der Waals surface area contributed by atoms with Gasteiger partial charge in [-0.15, -0.1) is 11.3 Å². The molecule has 18 heavy (non-hydrogen) atoms. The van der Waals surface area contributed by atoms with E-state index in [0.717, 1.165) is 13.1 Å². The summed E-state index contributed by atoms with van der Waals surface area (Å²) in [5.41, 5.74) is 3.76. The fourth-order valence-corrected chi connectivity index (χ4v) is 3.11. The number of thiophene rings is 1. The van der Waals surface area contributed by atoms with Crippen molar-refractivity contribution in [1.82, 2.24) is 10.3 Å². The molecule has 96 valence electrons. The van der Waals surface area contributed by atoms with Gasteiger partial charge in [0.1, 0.15) is 0 Å². The van der Waals surface area contributed by atoms with Gasteiger partial charge in [0.25, 0.3) is 0 Å². The van der Waals surface area contributed by atoms with Gasteiger partial charge in [0, 0.05) is 43.8 Å². The number of pyridine rings is 1. The lowest BCUT2D eigenvalue weighted by atomic mass is 10.2. The smallest absolute Gasteiger partial charge is 0.0701 e. The molecule has 3 nitrogen and oxygen atoms in total. The Balaban J connectivity index is 2.15. The van der Waals surface area contributed by atoms with Crippen molar-refractivity contribution in [1.29, 1.82) is 0 Å². The van der Waals surface area contributed by atoms with E-state index in [1.54, 1.807) is 11.3 Å². The van der Waals surface area contributed by atoms with Crippen LogP contribution in [0.4, 0.5) is 5.69 Å². The molecule has 2 heterocycles. The molecular weight excluding hydrogens is 310 g/mol. The molecule has 0 saturated heterocycles. The maximum atomic E-state index is 4.19. The van der Waals surface area contributed by atoms with Crippen LogP contribution in [0.25, 0.3) is 0 Å². The van der Waals surface area contributed by atoms with E-state index in [1.165, 1.54) is 20.6 Å². The molecule has 0 atom stereocenters. The van der Waals surface area contributed by atoms with Crippen molar-refractivity contribution < 1.29 is 0 Å². The Bertz CT molecular complexity index is 512. The van der Waals surface area contributed by atoms with Crippen LogP contribution in [0.3, 0.4) is 0 Å². The number of anilines is 1. The fraction of sp³-hybridized carbons (Fsp3) is 0.308. The first kappa shape index (κ1) is 13.5. The van der Waals surface area contributed by atoms with Crippen molar-refractivity contribution in [2.24, 2.45) is 0 Å². The third-order valence-electron chi connectivity index (χ3n) is 2.70. The van der Waals surface area contributed by atoms with Gasteiger partial charge in [0.2, 0.25) is 0 Å². The predicted molar refractivity (Wildman–Crippen MR) is 81.1 cm³/mol. The third kappa shape index (κ3) is 3.31. The summed E-state index contributed by atoms with van der Waals surface area (Å²) in [5.74, 6) is 0. The first-order valence-corrected chi connectivity index (χ1v) is 7.39. The summed E-state index contributed by atoms with van der Waals surface area (Å²) in [7, 11) is 4.06. The largest absolute Gasteiger partial charge is 0.370 e. The number of rotatable bonds is 5. The van der Waals surface area contributed by atoms with Crippen molar-refractivity contribution in [2.75, 3.05) is 19.0 Å². The highest BCUT2D eigenvalue weighted by Gasteiger charge is 2.08. The third-order valence-corrected chi connectivity index (χ3v) is 4.25. The summed E-state index contributed by atoms with van der Waals surface area (Å²) in [5, 5.41) is 5.36. The quantitative estimate of drug-likeness (QED) is 0.914. The van der Waals surface area contributed by atoms with Gasteiger partial charge >= 0.3 is 0 Å². The van der Waals surface area contributed by atoms with Gasteiger partial charge in [0.15, 0.2) is 0 Å². The average molecular weight is 326 g/mol. The van der Waals surface area contributed by atoms with Crippen LogP contribution >= 0.6 is 27.3 Å². The van der Waals surface area contributed by atoms with E-state index >= 15 is 0 Å². The number of halogens is 1. The van der Waals surface area contributed by atoms with Crippen LogP contribution in [0, 0.1) is 0 Å². The maximum Gasteiger partial charge on any atom is 0.0701 e. The number of aromatic nitrogens is 1. The van der Waals surface area contributed by atoms with E-state index in [9.17, 15) is 0 Å². The van der Waals surface area contributed by atoms with Gasteiger partial charge in [0.05, 0.1) is 3.79 Å². The molecule has 5 heteroatoms. The van der Waals surface area contributed by atoms with E-state index in [0.29, 0.717) is 0 Å². The van der Waals surface area contributed by atoms with Crippen LogP contribution in [0.5, 0.6) is 0 Å². The summed E-state index contributed by atoms with van der Waals surface area (Å²) < 4.78 is 1.18. The van der Waals surface area contributed by atoms with Gasteiger partial charge in [-0.2, -0.15) is 0 Å². The molecule has 0 aliphatic rings. The van der Waals surface area contributed by atoms with E-state index in [-0.39, 0.29) is 0 Å².